The smallest absolute Gasteiger partial charge is 0.184 e. The lowest BCUT2D eigenvalue weighted by Crippen LogP contribution is -2.37. The topological polar surface area (TPSA) is 55.5 Å². The maximum Gasteiger partial charge on any atom is 0.184 e. The molecule has 0 radical (unpaired) electrons. The molecule has 0 aliphatic carbocycles. The summed E-state index contributed by atoms with van der Waals surface area (Å²) >= 11 is 6.42. The van der Waals surface area contributed by atoms with E-state index in [1.165, 1.54) is 0 Å². The molecule has 0 saturated carbocycles. The number of aromatic nitrogens is 4. The minimum atomic E-state index is 0.462. The quantitative estimate of drug-likeness (QED) is 0.676. The van der Waals surface area contributed by atoms with Crippen molar-refractivity contribution in [3.63, 3.8) is 0 Å². The van der Waals surface area contributed by atoms with Gasteiger partial charge in [0.05, 0.1) is 13.2 Å². The molecule has 0 amide bonds. The third kappa shape index (κ3) is 2.54. The van der Waals surface area contributed by atoms with Crippen LogP contribution in [0.25, 0.3) is 17.0 Å². The molecular weight excluding hydrogens is 314 g/mol. The number of nitrogens with zero attached hydrogens (tertiary/aromatic N) is 5. The molecule has 118 valence electrons. The molecule has 1 saturated heterocycles. The van der Waals surface area contributed by atoms with E-state index in [-0.39, 0.29) is 0 Å². The fourth-order valence-corrected chi connectivity index (χ4v) is 3.12. The van der Waals surface area contributed by atoms with Crippen LogP contribution in [0.3, 0.4) is 0 Å². The van der Waals surface area contributed by atoms with Gasteiger partial charge in [-0.15, -0.1) is 5.10 Å². The molecule has 0 bridgehead atoms. The zero-order valence-corrected chi connectivity index (χ0v) is 13.5. The van der Waals surface area contributed by atoms with Crippen LogP contribution in [0.5, 0.6) is 0 Å². The van der Waals surface area contributed by atoms with Crippen LogP contribution in [0.1, 0.15) is 5.82 Å². The molecule has 3 heterocycles. The molecule has 1 aromatic carbocycles. The molecule has 4 rings (SSSR count). The summed E-state index contributed by atoms with van der Waals surface area (Å²) in [6.45, 7) is 4.78. The van der Waals surface area contributed by atoms with Crippen molar-refractivity contribution in [1.82, 2.24) is 19.6 Å². The van der Waals surface area contributed by atoms with Crippen LogP contribution in [-0.2, 0) is 4.74 Å². The van der Waals surface area contributed by atoms with E-state index >= 15 is 0 Å². The maximum absolute atomic E-state index is 6.42. The van der Waals surface area contributed by atoms with E-state index in [4.69, 9.17) is 21.3 Å². The second kappa shape index (κ2) is 5.79. The summed E-state index contributed by atoms with van der Waals surface area (Å²) in [6.07, 6.45) is 0. The summed E-state index contributed by atoms with van der Waals surface area (Å²) in [4.78, 5) is 11.3. The molecule has 23 heavy (non-hydrogen) atoms. The monoisotopic (exact) mass is 329 g/mol. The van der Waals surface area contributed by atoms with Gasteiger partial charge in [-0.2, -0.15) is 4.52 Å². The molecule has 0 unspecified atom stereocenters. The molecule has 1 fully saturated rings. The number of hydrogen-bond donors (Lipinski definition) is 0. The molecule has 1 aliphatic rings. The minimum Gasteiger partial charge on any atom is -0.378 e. The standard InChI is InChI=1S/C16H16ClN5O/c1-11-18-14(17)13(21-7-9-23-10-8-21)16-19-15(20-22(11)16)12-5-3-2-4-6-12/h2-6H,7-10H2,1H3. The van der Waals surface area contributed by atoms with E-state index in [9.17, 15) is 0 Å². The van der Waals surface area contributed by atoms with Gasteiger partial charge in [0.15, 0.2) is 16.6 Å². The normalized spacial score (nSPS) is 15.3. The summed E-state index contributed by atoms with van der Waals surface area (Å²) in [5, 5.41) is 5.07. The average molecular weight is 330 g/mol. The van der Waals surface area contributed by atoms with Crippen LogP contribution < -0.4 is 4.90 Å². The van der Waals surface area contributed by atoms with Gasteiger partial charge in [0.2, 0.25) is 0 Å². The van der Waals surface area contributed by atoms with Crippen LogP contribution in [0.15, 0.2) is 30.3 Å². The Morgan fingerprint density at radius 1 is 1.09 bits per heavy atom. The molecule has 2 aromatic heterocycles. The number of hydrogen-bond acceptors (Lipinski definition) is 5. The second-order valence-electron chi connectivity index (χ2n) is 5.43. The Bertz CT molecular complexity index is 843. The first-order valence-corrected chi connectivity index (χ1v) is 7.93. The van der Waals surface area contributed by atoms with E-state index < -0.39 is 0 Å². The lowest BCUT2D eigenvalue weighted by Gasteiger charge is -2.29. The van der Waals surface area contributed by atoms with Gasteiger partial charge in [0.25, 0.3) is 0 Å². The third-order valence-corrected chi connectivity index (χ3v) is 4.20. The first-order valence-electron chi connectivity index (χ1n) is 7.55. The highest BCUT2D eigenvalue weighted by Crippen LogP contribution is 2.31. The van der Waals surface area contributed by atoms with Crippen LogP contribution in [0.4, 0.5) is 5.69 Å². The van der Waals surface area contributed by atoms with Gasteiger partial charge in [-0.1, -0.05) is 41.9 Å². The first kappa shape index (κ1) is 14.4. The van der Waals surface area contributed by atoms with Gasteiger partial charge in [-0.3, -0.25) is 0 Å². The summed E-state index contributed by atoms with van der Waals surface area (Å²) in [7, 11) is 0. The van der Waals surface area contributed by atoms with Crippen molar-refractivity contribution in [2.45, 2.75) is 6.92 Å². The highest BCUT2D eigenvalue weighted by atomic mass is 35.5. The van der Waals surface area contributed by atoms with Crippen LogP contribution in [0.2, 0.25) is 5.15 Å². The van der Waals surface area contributed by atoms with Crippen molar-refractivity contribution in [3.8, 4) is 11.4 Å². The number of fused-ring (bicyclic) bond motifs is 1. The Morgan fingerprint density at radius 3 is 2.57 bits per heavy atom. The SMILES string of the molecule is Cc1nc(Cl)c(N2CCOCC2)c2nc(-c3ccccc3)nn12. The van der Waals surface area contributed by atoms with Crippen molar-refractivity contribution in [2.75, 3.05) is 31.2 Å². The highest BCUT2D eigenvalue weighted by Gasteiger charge is 2.22. The third-order valence-electron chi connectivity index (χ3n) is 3.94. The Kier molecular flexibility index (Phi) is 3.63. The fraction of sp³-hybridized carbons (Fsp3) is 0.312. The van der Waals surface area contributed by atoms with E-state index in [1.54, 1.807) is 4.52 Å². The Balaban J connectivity index is 1.90. The lowest BCUT2D eigenvalue weighted by atomic mass is 10.2. The van der Waals surface area contributed by atoms with Gasteiger partial charge in [0.1, 0.15) is 11.5 Å². The molecule has 7 heteroatoms. The fourth-order valence-electron chi connectivity index (χ4n) is 2.79. The predicted octanol–water partition coefficient (Wildman–Crippen LogP) is 2.59. The van der Waals surface area contributed by atoms with Crippen LogP contribution in [-0.4, -0.2) is 45.9 Å². The second-order valence-corrected chi connectivity index (χ2v) is 5.79. The van der Waals surface area contributed by atoms with Gasteiger partial charge >= 0.3 is 0 Å². The number of morpholine rings is 1. The molecule has 3 aromatic rings. The summed E-state index contributed by atoms with van der Waals surface area (Å²) < 4.78 is 7.19. The average Bonchev–Trinajstić information content (AvgIpc) is 3.02. The van der Waals surface area contributed by atoms with Crippen molar-refractivity contribution < 1.29 is 4.74 Å². The molecule has 1 aliphatic heterocycles. The molecule has 0 spiro atoms. The zero-order valence-electron chi connectivity index (χ0n) is 12.7. The summed E-state index contributed by atoms with van der Waals surface area (Å²) in [5.41, 5.74) is 2.54. The number of benzene rings is 1. The lowest BCUT2D eigenvalue weighted by molar-refractivity contribution is 0.123. The number of aryl methyl sites for hydroxylation is 1. The van der Waals surface area contributed by atoms with Crippen LogP contribution in [0, 0.1) is 6.92 Å². The Morgan fingerprint density at radius 2 is 1.83 bits per heavy atom. The van der Waals surface area contributed by atoms with Crippen molar-refractivity contribution >= 4 is 22.9 Å². The first-order chi connectivity index (χ1) is 11.2. The van der Waals surface area contributed by atoms with Crippen LogP contribution >= 0.6 is 11.6 Å². The number of anilines is 1. The summed E-state index contributed by atoms with van der Waals surface area (Å²) in [5.74, 6) is 1.39. The molecule has 6 nitrogen and oxygen atoms in total. The van der Waals surface area contributed by atoms with Gasteiger partial charge in [0, 0.05) is 18.7 Å². The van der Waals surface area contributed by atoms with E-state index in [2.05, 4.69) is 15.0 Å². The number of ether oxygens (including phenoxy) is 1. The molecular formula is C16H16ClN5O. The zero-order chi connectivity index (χ0) is 15.8. The van der Waals surface area contributed by atoms with Crippen molar-refractivity contribution in [1.29, 1.82) is 0 Å². The summed E-state index contributed by atoms with van der Waals surface area (Å²) in [6, 6.07) is 9.91. The Hall–Kier alpha value is -2.18. The van der Waals surface area contributed by atoms with E-state index in [0.29, 0.717) is 24.2 Å². The molecule has 0 N–H and O–H groups in total. The molecule has 0 atom stereocenters. The van der Waals surface area contributed by atoms with Gasteiger partial charge in [-0.05, 0) is 6.92 Å². The van der Waals surface area contributed by atoms with Gasteiger partial charge in [-0.25, -0.2) is 9.97 Å². The number of halogens is 1. The van der Waals surface area contributed by atoms with E-state index in [1.807, 2.05) is 37.3 Å². The van der Waals surface area contributed by atoms with E-state index in [0.717, 1.165) is 35.8 Å². The van der Waals surface area contributed by atoms with Crippen molar-refractivity contribution in [3.05, 3.63) is 41.3 Å². The Labute approximate surface area is 138 Å². The number of rotatable bonds is 2. The minimum absolute atomic E-state index is 0.462. The predicted molar refractivity (Wildman–Crippen MR) is 89.0 cm³/mol. The maximum atomic E-state index is 6.42. The largest absolute Gasteiger partial charge is 0.378 e. The van der Waals surface area contributed by atoms with Gasteiger partial charge < -0.3 is 9.64 Å². The highest BCUT2D eigenvalue weighted by molar-refractivity contribution is 6.32. The van der Waals surface area contributed by atoms with Crippen molar-refractivity contribution in [2.24, 2.45) is 0 Å².